The third kappa shape index (κ3) is 4.71. The van der Waals surface area contributed by atoms with Crippen molar-refractivity contribution in [3.05, 3.63) is 41.2 Å². The van der Waals surface area contributed by atoms with Crippen LogP contribution in [-0.2, 0) is 9.47 Å². The van der Waals surface area contributed by atoms with Gasteiger partial charge in [0.05, 0.1) is 30.5 Å². The van der Waals surface area contributed by atoms with Crippen LogP contribution < -0.4 is 10.1 Å². The molecule has 35 heavy (non-hydrogen) atoms. The van der Waals surface area contributed by atoms with Crippen molar-refractivity contribution < 1.29 is 27.8 Å². The third-order valence-corrected chi connectivity index (χ3v) is 6.74. The van der Waals surface area contributed by atoms with E-state index in [1.54, 1.807) is 11.8 Å². The van der Waals surface area contributed by atoms with Crippen molar-refractivity contribution in [3.8, 4) is 11.9 Å². The Bertz CT molecular complexity index is 1190. The normalized spacial score (nSPS) is 24.3. The molecule has 2 unspecified atom stereocenters. The van der Waals surface area contributed by atoms with Crippen LogP contribution in [0.15, 0.2) is 18.5 Å². The summed E-state index contributed by atoms with van der Waals surface area (Å²) in [6.45, 7) is 5.01. The molecule has 2 saturated heterocycles. The Morgan fingerprint density at radius 3 is 2.63 bits per heavy atom. The van der Waals surface area contributed by atoms with Crippen LogP contribution >= 0.6 is 0 Å². The van der Waals surface area contributed by atoms with E-state index in [9.17, 15) is 9.18 Å². The highest BCUT2D eigenvalue weighted by molar-refractivity contribution is 5.69. The van der Waals surface area contributed by atoms with Crippen LogP contribution in [0.25, 0.3) is 0 Å². The van der Waals surface area contributed by atoms with E-state index in [4.69, 9.17) is 19.5 Å². The first-order valence-electron chi connectivity index (χ1n) is 11.5. The van der Waals surface area contributed by atoms with E-state index in [1.165, 1.54) is 6.07 Å². The third-order valence-electron chi connectivity index (χ3n) is 6.74. The van der Waals surface area contributed by atoms with Gasteiger partial charge in [-0.15, -0.1) is 0 Å². The number of ether oxygens (including phenoxy) is 3. The summed E-state index contributed by atoms with van der Waals surface area (Å²) >= 11 is 0. The lowest BCUT2D eigenvalue weighted by atomic mass is 9.84. The summed E-state index contributed by atoms with van der Waals surface area (Å²) in [5.41, 5.74) is 0.342. The van der Waals surface area contributed by atoms with Gasteiger partial charge in [-0.05, 0) is 44.4 Å². The van der Waals surface area contributed by atoms with Gasteiger partial charge < -0.3 is 24.4 Å². The summed E-state index contributed by atoms with van der Waals surface area (Å²) < 4.78 is 46.9. The number of rotatable bonds is 5. The number of benzene rings is 1. The van der Waals surface area contributed by atoms with E-state index < -0.39 is 17.7 Å². The minimum absolute atomic E-state index is 0.0218. The fourth-order valence-corrected chi connectivity index (χ4v) is 4.47. The number of piperidine rings is 1. The molecule has 1 aliphatic carbocycles. The van der Waals surface area contributed by atoms with Gasteiger partial charge in [0.2, 0.25) is 5.82 Å². The summed E-state index contributed by atoms with van der Waals surface area (Å²) in [4.78, 5) is 22.1. The Morgan fingerprint density at radius 1 is 1.26 bits per heavy atom. The fraction of sp³-hybridized carbons (Fsp3) is 0.500. The number of fused-ring (bicyclic) bond motifs is 2. The van der Waals surface area contributed by atoms with Gasteiger partial charge in [-0.3, -0.25) is 0 Å². The van der Waals surface area contributed by atoms with Gasteiger partial charge in [0.1, 0.15) is 23.8 Å². The number of aromatic nitrogens is 2. The lowest BCUT2D eigenvalue weighted by Crippen LogP contribution is -2.59. The van der Waals surface area contributed by atoms with Gasteiger partial charge >= 0.3 is 6.09 Å². The van der Waals surface area contributed by atoms with Gasteiger partial charge in [-0.2, -0.15) is 14.6 Å². The summed E-state index contributed by atoms with van der Waals surface area (Å²) in [5, 5.41) is 11.7. The Labute approximate surface area is 201 Å². The lowest BCUT2D eigenvalue weighted by molar-refractivity contribution is -0.112. The molecule has 2 aromatic rings. The SMILES string of the molecule is Cc1cc(Nc2ncnc(OC3C4COCC3CN(C(=O)OC3(C)CC3)C4)c2F)c(F)cc1C#N. The maximum atomic E-state index is 15.3. The molecule has 3 aliphatic rings. The van der Waals surface area contributed by atoms with Crippen LogP contribution in [-0.4, -0.2) is 59.0 Å². The number of halogens is 2. The summed E-state index contributed by atoms with van der Waals surface area (Å²) in [6.07, 6.45) is 2.09. The molecule has 1 aromatic carbocycles. The zero-order valence-corrected chi connectivity index (χ0v) is 19.4. The molecule has 0 spiro atoms. The average Bonchev–Trinajstić information content (AvgIpc) is 3.54. The van der Waals surface area contributed by atoms with Gasteiger partial charge in [0, 0.05) is 24.9 Å². The molecule has 0 radical (unpaired) electrons. The second-order valence-corrected chi connectivity index (χ2v) is 9.59. The van der Waals surface area contributed by atoms with E-state index >= 15 is 4.39 Å². The van der Waals surface area contributed by atoms with Gasteiger partial charge in [0.25, 0.3) is 5.88 Å². The molecule has 3 fully saturated rings. The van der Waals surface area contributed by atoms with E-state index in [0.29, 0.717) is 31.9 Å². The van der Waals surface area contributed by atoms with E-state index in [-0.39, 0.29) is 46.5 Å². The monoisotopic (exact) mass is 485 g/mol. The Kier molecular flexibility index (Phi) is 5.92. The van der Waals surface area contributed by atoms with E-state index in [0.717, 1.165) is 25.2 Å². The van der Waals surface area contributed by atoms with Gasteiger partial charge in [-0.1, -0.05) is 0 Å². The lowest BCUT2D eigenvalue weighted by Gasteiger charge is -2.46. The maximum absolute atomic E-state index is 15.3. The molecule has 1 amide bonds. The molecule has 3 heterocycles. The Morgan fingerprint density at radius 2 is 1.97 bits per heavy atom. The van der Waals surface area contributed by atoms with Crippen molar-refractivity contribution in [1.82, 2.24) is 14.9 Å². The Balaban J connectivity index is 1.31. The van der Waals surface area contributed by atoms with Crippen LogP contribution in [0.2, 0.25) is 0 Å². The zero-order valence-electron chi connectivity index (χ0n) is 19.4. The fourth-order valence-electron chi connectivity index (χ4n) is 4.47. The smallest absolute Gasteiger partial charge is 0.410 e. The van der Waals surface area contributed by atoms with Crippen molar-refractivity contribution in [2.75, 3.05) is 31.6 Å². The molecule has 2 aliphatic heterocycles. The number of nitrogens with one attached hydrogen (secondary N) is 1. The number of anilines is 2. The molecule has 2 bridgehead atoms. The largest absolute Gasteiger partial charge is 0.471 e. The van der Waals surface area contributed by atoms with Crippen molar-refractivity contribution in [2.24, 2.45) is 11.8 Å². The molecule has 1 N–H and O–H groups in total. The molecule has 1 saturated carbocycles. The highest BCUT2D eigenvalue weighted by Gasteiger charge is 2.47. The standard InChI is InChI=1S/C24H25F2N5O4/c1-13-5-18(17(25)6-14(13)7-27)30-21-19(26)22(29-12-28-21)34-20-15-8-31(9-16(20)11-33-10-15)23(32)35-24(2)3-4-24/h5-6,12,15-16,20H,3-4,8-11H2,1-2H3,(H,28,29,30). The minimum atomic E-state index is -0.864. The second kappa shape index (κ2) is 8.92. The highest BCUT2D eigenvalue weighted by Crippen LogP contribution is 2.40. The average molecular weight is 485 g/mol. The number of nitriles is 1. The second-order valence-electron chi connectivity index (χ2n) is 9.59. The van der Waals surface area contributed by atoms with Crippen LogP contribution in [0.1, 0.15) is 30.9 Å². The number of amides is 1. The van der Waals surface area contributed by atoms with Crippen LogP contribution in [0.4, 0.5) is 25.1 Å². The zero-order chi connectivity index (χ0) is 24.7. The highest BCUT2D eigenvalue weighted by atomic mass is 19.1. The number of carbonyl (C=O) groups excluding carboxylic acids is 1. The molecule has 5 rings (SSSR count). The van der Waals surface area contributed by atoms with Crippen molar-refractivity contribution >= 4 is 17.6 Å². The van der Waals surface area contributed by atoms with E-state index in [1.807, 2.05) is 13.0 Å². The van der Waals surface area contributed by atoms with Gasteiger partial charge in [0.15, 0.2) is 5.82 Å². The number of hydrogen-bond acceptors (Lipinski definition) is 8. The van der Waals surface area contributed by atoms with Crippen molar-refractivity contribution in [1.29, 1.82) is 5.26 Å². The minimum Gasteiger partial charge on any atom is -0.471 e. The molecule has 11 heteroatoms. The van der Waals surface area contributed by atoms with Crippen LogP contribution in [0, 0.1) is 41.7 Å². The first-order chi connectivity index (χ1) is 16.8. The van der Waals surface area contributed by atoms with Crippen LogP contribution in [0.5, 0.6) is 5.88 Å². The van der Waals surface area contributed by atoms with Crippen molar-refractivity contribution in [2.45, 2.75) is 38.4 Å². The first-order valence-corrected chi connectivity index (χ1v) is 11.5. The molecular weight excluding hydrogens is 460 g/mol. The predicted octanol–water partition coefficient (Wildman–Crippen LogP) is 3.69. The molecule has 184 valence electrons. The van der Waals surface area contributed by atoms with Crippen molar-refractivity contribution in [3.63, 3.8) is 0 Å². The molecule has 2 atom stereocenters. The summed E-state index contributed by atoms with van der Waals surface area (Å²) in [5.74, 6) is -2.47. The number of aryl methyl sites for hydroxylation is 1. The van der Waals surface area contributed by atoms with Crippen LogP contribution in [0.3, 0.4) is 0 Å². The molecular formula is C24H25F2N5O4. The predicted molar refractivity (Wildman–Crippen MR) is 119 cm³/mol. The van der Waals surface area contributed by atoms with Gasteiger partial charge in [-0.25, -0.2) is 14.2 Å². The maximum Gasteiger partial charge on any atom is 0.410 e. The summed E-state index contributed by atoms with van der Waals surface area (Å²) in [7, 11) is 0. The topological polar surface area (TPSA) is 110 Å². The molecule has 9 nitrogen and oxygen atoms in total. The Hall–Kier alpha value is -3.52. The summed E-state index contributed by atoms with van der Waals surface area (Å²) in [6, 6.07) is 4.40. The van der Waals surface area contributed by atoms with E-state index in [2.05, 4.69) is 15.3 Å². The number of nitrogens with zero attached hydrogens (tertiary/aromatic N) is 4. The quantitative estimate of drug-likeness (QED) is 0.683. The number of likely N-dealkylation sites (tertiary alicyclic amines) is 1. The first kappa shape index (κ1) is 23.2. The number of carbonyl (C=O) groups is 1. The number of hydrogen-bond donors (Lipinski definition) is 1. The molecule has 1 aromatic heterocycles.